The van der Waals surface area contributed by atoms with Gasteiger partial charge in [0.15, 0.2) is 0 Å². The summed E-state index contributed by atoms with van der Waals surface area (Å²) in [6, 6.07) is 0.428. The molecule has 0 aromatic carbocycles. The predicted molar refractivity (Wildman–Crippen MR) is 65.0 cm³/mol. The predicted octanol–water partition coefficient (Wildman–Crippen LogP) is 0.291. The van der Waals surface area contributed by atoms with E-state index in [1.54, 1.807) is 37.0 Å². The van der Waals surface area contributed by atoms with Crippen LogP contribution in [0.4, 0.5) is 4.79 Å². The Kier molecular flexibility index (Phi) is 5.16. The lowest BCUT2D eigenvalue weighted by Crippen LogP contribution is -2.49. The number of hydrogen-bond acceptors (Lipinski definition) is 3. The van der Waals surface area contributed by atoms with Crippen molar-refractivity contribution in [1.29, 1.82) is 0 Å². The molecule has 0 spiro atoms. The quantitative estimate of drug-likeness (QED) is 0.680. The van der Waals surface area contributed by atoms with Crippen LogP contribution in [0.25, 0.3) is 0 Å². The van der Waals surface area contributed by atoms with Crippen molar-refractivity contribution in [3.8, 4) is 0 Å². The molecule has 7 heteroatoms. The molecule has 0 saturated carbocycles. The highest BCUT2D eigenvalue weighted by Crippen LogP contribution is 2.01. The molecule has 0 fully saturated rings. The fourth-order valence-corrected chi connectivity index (χ4v) is 1.42. The second-order valence-corrected chi connectivity index (χ2v) is 4.23. The van der Waals surface area contributed by atoms with Crippen LogP contribution in [0, 0.1) is 5.92 Å². The smallest absolute Gasteiger partial charge is 0.326 e. The van der Waals surface area contributed by atoms with Gasteiger partial charge in [0.25, 0.3) is 0 Å². The summed E-state index contributed by atoms with van der Waals surface area (Å²) in [5.41, 5.74) is 0. The van der Waals surface area contributed by atoms with Gasteiger partial charge in [0.1, 0.15) is 6.04 Å². The molecule has 0 saturated heterocycles. The van der Waals surface area contributed by atoms with Crippen LogP contribution < -0.4 is 10.6 Å². The van der Waals surface area contributed by atoms with Crippen molar-refractivity contribution in [3.63, 3.8) is 0 Å². The summed E-state index contributed by atoms with van der Waals surface area (Å²) >= 11 is 0. The number of nitrogens with zero attached hydrogens (tertiary/aromatic N) is 2. The van der Waals surface area contributed by atoms with E-state index in [0.29, 0.717) is 13.1 Å². The zero-order valence-electron chi connectivity index (χ0n) is 10.5. The SMILES string of the molecule is CC(C)[C@@H](NC(=O)NCCn1cccn1)C(=O)O. The molecule has 2 amide bonds. The van der Waals surface area contributed by atoms with Crippen molar-refractivity contribution >= 4 is 12.0 Å². The van der Waals surface area contributed by atoms with Gasteiger partial charge in [-0.05, 0) is 12.0 Å². The standard InChI is InChI=1S/C11H18N4O3/c1-8(2)9(10(16)17)14-11(18)12-5-7-15-6-3-4-13-15/h3-4,6,8-9H,5,7H2,1-2H3,(H,16,17)(H2,12,14,18)/t9-/m1/s1. The summed E-state index contributed by atoms with van der Waals surface area (Å²) in [5.74, 6) is -1.20. The second-order valence-electron chi connectivity index (χ2n) is 4.23. The molecule has 3 N–H and O–H groups in total. The average molecular weight is 254 g/mol. The maximum Gasteiger partial charge on any atom is 0.326 e. The highest BCUT2D eigenvalue weighted by Gasteiger charge is 2.22. The first-order chi connectivity index (χ1) is 8.50. The number of hydrogen-bond donors (Lipinski definition) is 3. The van der Waals surface area contributed by atoms with Crippen molar-refractivity contribution < 1.29 is 14.7 Å². The van der Waals surface area contributed by atoms with Crippen LogP contribution in [0.3, 0.4) is 0 Å². The first kappa shape index (κ1) is 14.0. The summed E-state index contributed by atoms with van der Waals surface area (Å²) in [4.78, 5) is 22.4. The van der Waals surface area contributed by atoms with Gasteiger partial charge >= 0.3 is 12.0 Å². The van der Waals surface area contributed by atoms with Crippen molar-refractivity contribution in [1.82, 2.24) is 20.4 Å². The minimum absolute atomic E-state index is 0.167. The largest absolute Gasteiger partial charge is 0.480 e. The Morgan fingerprint density at radius 1 is 1.44 bits per heavy atom. The monoisotopic (exact) mass is 254 g/mol. The Balaban J connectivity index is 2.30. The maximum absolute atomic E-state index is 11.5. The number of carboxylic acid groups (broad SMARTS) is 1. The summed E-state index contributed by atoms with van der Waals surface area (Å²) < 4.78 is 1.68. The van der Waals surface area contributed by atoms with Crippen LogP contribution in [0.15, 0.2) is 18.5 Å². The lowest BCUT2D eigenvalue weighted by atomic mass is 10.1. The van der Waals surface area contributed by atoms with E-state index in [-0.39, 0.29) is 5.92 Å². The van der Waals surface area contributed by atoms with Crippen LogP contribution in [0.5, 0.6) is 0 Å². The third-order valence-electron chi connectivity index (χ3n) is 2.40. The number of amides is 2. The van der Waals surface area contributed by atoms with Gasteiger partial charge in [0.05, 0.1) is 6.54 Å². The van der Waals surface area contributed by atoms with E-state index < -0.39 is 18.0 Å². The molecule has 100 valence electrons. The Hall–Kier alpha value is -2.05. The molecule has 0 aliphatic carbocycles. The number of carbonyl (C=O) groups excluding carboxylic acids is 1. The van der Waals surface area contributed by atoms with Gasteiger partial charge in [-0.3, -0.25) is 4.68 Å². The van der Waals surface area contributed by atoms with E-state index in [2.05, 4.69) is 15.7 Å². The molecule has 0 unspecified atom stereocenters. The van der Waals surface area contributed by atoms with Gasteiger partial charge in [0.2, 0.25) is 0 Å². The summed E-state index contributed by atoms with van der Waals surface area (Å²) in [5, 5.41) is 17.9. The van der Waals surface area contributed by atoms with E-state index >= 15 is 0 Å². The molecule has 1 aromatic rings. The molecule has 1 rings (SSSR count). The van der Waals surface area contributed by atoms with Gasteiger partial charge in [-0.1, -0.05) is 13.8 Å². The van der Waals surface area contributed by atoms with Crippen LogP contribution in [0.2, 0.25) is 0 Å². The molecular weight excluding hydrogens is 236 g/mol. The molecule has 0 radical (unpaired) electrons. The fourth-order valence-electron chi connectivity index (χ4n) is 1.42. The zero-order valence-corrected chi connectivity index (χ0v) is 10.5. The van der Waals surface area contributed by atoms with Crippen LogP contribution in [0.1, 0.15) is 13.8 Å². The highest BCUT2D eigenvalue weighted by atomic mass is 16.4. The van der Waals surface area contributed by atoms with E-state index in [4.69, 9.17) is 5.11 Å². The van der Waals surface area contributed by atoms with Gasteiger partial charge in [-0.15, -0.1) is 0 Å². The molecule has 7 nitrogen and oxygen atoms in total. The minimum Gasteiger partial charge on any atom is -0.480 e. The molecule has 0 aliphatic rings. The number of urea groups is 1. The van der Waals surface area contributed by atoms with Crippen LogP contribution in [-0.2, 0) is 11.3 Å². The molecule has 1 aromatic heterocycles. The van der Waals surface area contributed by atoms with Gasteiger partial charge in [0, 0.05) is 18.9 Å². The summed E-state index contributed by atoms with van der Waals surface area (Å²) in [6.45, 7) is 4.41. The Bertz CT molecular complexity index is 389. The van der Waals surface area contributed by atoms with Crippen molar-refractivity contribution in [2.45, 2.75) is 26.4 Å². The third kappa shape index (κ3) is 4.44. The number of carboxylic acids is 1. The van der Waals surface area contributed by atoms with Gasteiger partial charge < -0.3 is 15.7 Å². The summed E-state index contributed by atoms with van der Waals surface area (Å²) in [6.07, 6.45) is 3.44. The first-order valence-corrected chi connectivity index (χ1v) is 5.75. The fraction of sp³-hybridized carbons (Fsp3) is 0.545. The van der Waals surface area contributed by atoms with Gasteiger partial charge in [-0.25, -0.2) is 9.59 Å². The molecule has 0 aliphatic heterocycles. The molecule has 0 bridgehead atoms. The highest BCUT2D eigenvalue weighted by molar-refractivity contribution is 5.82. The van der Waals surface area contributed by atoms with Crippen molar-refractivity contribution in [2.24, 2.45) is 5.92 Å². The Labute approximate surface area is 105 Å². The number of carbonyl (C=O) groups is 2. The number of rotatable bonds is 6. The molecule has 1 atom stereocenters. The van der Waals surface area contributed by atoms with E-state index in [1.807, 2.05) is 0 Å². The van der Waals surface area contributed by atoms with E-state index in [1.165, 1.54) is 0 Å². The number of aliphatic carboxylic acids is 1. The molecule has 18 heavy (non-hydrogen) atoms. The maximum atomic E-state index is 11.5. The summed E-state index contributed by atoms with van der Waals surface area (Å²) in [7, 11) is 0. The normalized spacial score (nSPS) is 12.2. The lowest BCUT2D eigenvalue weighted by molar-refractivity contribution is -0.140. The third-order valence-corrected chi connectivity index (χ3v) is 2.40. The molecule has 1 heterocycles. The number of nitrogens with one attached hydrogen (secondary N) is 2. The topological polar surface area (TPSA) is 96.3 Å². The Morgan fingerprint density at radius 2 is 2.17 bits per heavy atom. The number of aromatic nitrogens is 2. The lowest BCUT2D eigenvalue weighted by Gasteiger charge is -2.18. The van der Waals surface area contributed by atoms with Crippen molar-refractivity contribution in [3.05, 3.63) is 18.5 Å². The van der Waals surface area contributed by atoms with Gasteiger partial charge in [-0.2, -0.15) is 5.10 Å². The van der Waals surface area contributed by atoms with Crippen LogP contribution in [-0.4, -0.2) is 39.5 Å². The van der Waals surface area contributed by atoms with Crippen molar-refractivity contribution in [2.75, 3.05) is 6.54 Å². The van der Waals surface area contributed by atoms with E-state index in [0.717, 1.165) is 0 Å². The van der Waals surface area contributed by atoms with E-state index in [9.17, 15) is 9.59 Å². The second kappa shape index (κ2) is 6.63. The Morgan fingerprint density at radius 3 is 2.67 bits per heavy atom. The average Bonchev–Trinajstić information content (AvgIpc) is 2.78. The zero-order chi connectivity index (χ0) is 13.5. The first-order valence-electron chi connectivity index (χ1n) is 5.75. The van der Waals surface area contributed by atoms with Crippen LogP contribution >= 0.6 is 0 Å². The molecular formula is C11H18N4O3. The minimum atomic E-state index is -1.03.